The van der Waals surface area contributed by atoms with Crippen molar-refractivity contribution < 1.29 is 23.9 Å². The van der Waals surface area contributed by atoms with Crippen molar-refractivity contribution in [2.24, 2.45) is 0 Å². The highest BCUT2D eigenvalue weighted by Gasteiger charge is 2.52. The summed E-state index contributed by atoms with van der Waals surface area (Å²) < 4.78 is 5.06. The summed E-state index contributed by atoms with van der Waals surface area (Å²) in [6, 6.07) is 8.54. The minimum absolute atomic E-state index is 0.0756. The lowest BCUT2D eigenvalue weighted by molar-refractivity contribution is -0.191. The van der Waals surface area contributed by atoms with E-state index in [0.29, 0.717) is 32.5 Å². The fourth-order valence-corrected chi connectivity index (χ4v) is 5.80. The summed E-state index contributed by atoms with van der Waals surface area (Å²) in [6.45, 7) is 3.09. The lowest BCUT2D eigenvalue weighted by Gasteiger charge is -2.55. The van der Waals surface area contributed by atoms with Gasteiger partial charge in [-0.25, -0.2) is 14.6 Å². The Bertz CT molecular complexity index is 1090. The quantitative estimate of drug-likeness (QED) is 0.340. The zero-order chi connectivity index (χ0) is 28.5. The van der Waals surface area contributed by atoms with Gasteiger partial charge < -0.3 is 25.2 Å². The molecule has 40 heavy (non-hydrogen) atoms. The van der Waals surface area contributed by atoms with E-state index in [1.165, 1.54) is 5.01 Å². The van der Waals surface area contributed by atoms with Crippen molar-refractivity contribution in [1.29, 1.82) is 0 Å². The van der Waals surface area contributed by atoms with Gasteiger partial charge in [-0.15, -0.1) is 6.42 Å². The number of hydrogen-bond acceptors (Lipinski definition) is 6. The number of hydrogen-bond donors (Lipinski definition) is 2. The Kier molecular flexibility index (Phi) is 10.2. The maximum Gasteiger partial charge on any atom is 0.407 e. The van der Waals surface area contributed by atoms with Gasteiger partial charge in [-0.1, -0.05) is 56.0 Å². The maximum atomic E-state index is 13.8. The van der Waals surface area contributed by atoms with Crippen LogP contribution in [-0.4, -0.2) is 94.8 Å². The number of amides is 5. The molecule has 11 heteroatoms. The van der Waals surface area contributed by atoms with Crippen LogP contribution in [0.15, 0.2) is 30.3 Å². The van der Waals surface area contributed by atoms with Gasteiger partial charge in [0.25, 0.3) is 0 Å². The summed E-state index contributed by atoms with van der Waals surface area (Å²) in [5.41, 5.74) is 0.943. The van der Waals surface area contributed by atoms with Gasteiger partial charge in [0, 0.05) is 19.1 Å². The third-order valence-corrected chi connectivity index (χ3v) is 7.67. The first-order valence-electron chi connectivity index (χ1n) is 14.3. The van der Waals surface area contributed by atoms with E-state index < -0.39 is 18.3 Å². The number of piperazine rings is 1. The normalized spacial score (nSPS) is 21.6. The Morgan fingerprint density at radius 1 is 1.12 bits per heavy atom. The van der Waals surface area contributed by atoms with Gasteiger partial charge in [0.2, 0.25) is 11.8 Å². The van der Waals surface area contributed by atoms with E-state index in [2.05, 4.69) is 16.6 Å². The Morgan fingerprint density at radius 2 is 1.88 bits per heavy atom. The summed E-state index contributed by atoms with van der Waals surface area (Å²) in [7, 11) is 0. The van der Waals surface area contributed by atoms with Crippen LogP contribution in [0.2, 0.25) is 0 Å². The van der Waals surface area contributed by atoms with E-state index in [0.717, 1.165) is 37.7 Å². The largest absolute Gasteiger partial charge is 0.450 e. The molecule has 216 valence electrons. The van der Waals surface area contributed by atoms with Crippen LogP contribution in [0.5, 0.6) is 0 Å². The molecule has 1 aromatic rings. The Labute approximate surface area is 236 Å². The van der Waals surface area contributed by atoms with Crippen LogP contribution in [-0.2, 0) is 20.9 Å². The van der Waals surface area contributed by atoms with Gasteiger partial charge in [0.15, 0.2) is 0 Å². The summed E-state index contributed by atoms with van der Waals surface area (Å²) >= 11 is 0. The molecule has 2 saturated heterocycles. The van der Waals surface area contributed by atoms with Gasteiger partial charge >= 0.3 is 12.1 Å². The highest BCUT2D eigenvalue weighted by molar-refractivity contribution is 5.91. The monoisotopic (exact) mass is 552 g/mol. The second kappa shape index (κ2) is 14.0. The summed E-state index contributed by atoms with van der Waals surface area (Å²) in [5.74, 6) is 2.23. The number of carbonyl (C=O) groups is 4. The highest BCUT2D eigenvalue weighted by atomic mass is 16.5. The molecule has 2 atom stereocenters. The number of ether oxygens (including phenoxy) is 1. The van der Waals surface area contributed by atoms with E-state index in [1.54, 1.807) is 9.91 Å². The predicted molar refractivity (Wildman–Crippen MR) is 148 cm³/mol. The average molecular weight is 553 g/mol. The molecule has 2 heterocycles. The second-order valence-corrected chi connectivity index (χ2v) is 10.4. The van der Waals surface area contributed by atoms with E-state index in [4.69, 9.17) is 11.2 Å². The number of fused-ring (bicyclic) bond motifs is 1. The van der Waals surface area contributed by atoms with Gasteiger partial charge in [-0.05, 0) is 37.7 Å². The van der Waals surface area contributed by atoms with Gasteiger partial charge in [0.05, 0.1) is 26.2 Å². The highest BCUT2D eigenvalue weighted by Crippen LogP contribution is 2.33. The fraction of sp³-hybridized carbons (Fsp3) is 0.586. The molecule has 1 saturated carbocycles. The van der Waals surface area contributed by atoms with E-state index in [9.17, 15) is 19.2 Å². The predicted octanol–water partition coefficient (Wildman–Crippen LogP) is 2.29. The first-order valence-corrected chi connectivity index (χ1v) is 14.3. The number of nitrogens with zero attached hydrogens (tertiary/aromatic N) is 4. The van der Waals surface area contributed by atoms with Crippen molar-refractivity contribution in [1.82, 2.24) is 30.5 Å². The lowest BCUT2D eigenvalue weighted by Crippen LogP contribution is -2.77. The zero-order valence-corrected chi connectivity index (χ0v) is 23.2. The number of terminal acetylenes is 1. The zero-order valence-electron chi connectivity index (χ0n) is 23.2. The number of benzene rings is 1. The minimum atomic E-state index is -0.738. The molecule has 1 aliphatic carbocycles. The summed E-state index contributed by atoms with van der Waals surface area (Å²) in [5, 5.41) is 8.81. The van der Waals surface area contributed by atoms with Crippen LogP contribution in [0.1, 0.15) is 57.4 Å². The van der Waals surface area contributed by atoms with Crippen LogP contribution in [0.3, 0.4) is 0 Å². The number of carbonyl (C=O) groups excluding carboxylic acids is 4. The molecule has 3 aliphatic rings. The first-order chi connectivity index (χ1) is 19.4. The van der Waals surface area contributed by atoms with Crippen LogP contribution in [0, 0.1) is 12.3 Å². The molecule has 2 aliphatic heterocycles. The Morgan fingerprint density at radius 3 is 2.58 bits per heavy atom. The van der Waals surface area contributed by atoms with E-state index >= 15 is 0 Å². The average Bonchev–Trinajstić information content (AvgIpc) is 3.49. The molecule has 5 amide bonds. The SMILES string of the molecule is C#CCN1CC(=O)N2[C@@H](CCCNC(=O)OCCC)C(=O)N(C3CCCC3)C[C@@H]2N1C(=O)NCc1ccccc1. The second-order valence-electron chi connectivity index (χ2n) is 10.4. The number of alkyl carbamates (subject to hydrolysis) is 1. The maximum absolute atomic E-state index is 13.8. The van der Waals surface area contributed by atoms with Gasteiger partial charge in [0.1, 0.15) is 12.2 Å². The van der Waals surface area contributed by atoms with Crippen LogP contribution in [0.25, 0.3) is 0 Å². The van der Waals surface area contributed by atoms with Crippen molar-refractivity contribution in [2.75, 3.05) is 32.8 Å². The molecule has 0 unspecified atom stereocenters. The molecule has 0 spiro atoms. The van der Waals surface area contributed by atoms with Crippen LogP contribution >= 0.6 is 0 Å². The van der Waals surface area contributed by atoms with Gasteiger partial charge in [-0.3, -0.25) is 9.59 Å². The number of rotatable bonds is 10. The molecular weight excluding hydrogens is 512 g/mol. The van der Waals surface area contributed by atoms with E-state index in [1.807, 2.05) is 42.2 Å². The lowest BCUT2D eigenvalue weighted by atomic mass is 9.99. The Hall–Kier alpha value is -3.78. The molecule has 11 nitrogen and oxygen atoms in total. The van der Waals surface area contributed by atoms with Crippen molar-refractivity contribution in [3.8, 4) is 12.3 Å². The molecule has 1 aromatic carbocycles. The molecule has 4 rings (SSSR count). The molecule has 0 aromatic heterocycles. The number of nitrogens with one attached hydrogen (secondary N) is 2. The molecule has 0 radical (unpaired) electrons. The first kappa shape index (κ1) is 29.2. The summed E-state index contributed by atoms with van der Waals surface area (Å²) in [4.78, 5) is 56.3. The van der Waals surface area contributed by atoms with Crippen LogP contribution in [0.4, 0.5) is 9.59 Å². The molecule has 3 fully saturated rings. The topological polar surface area (TPSA) is 115 Å². The number of urea groups is 1. The van der Waals surface area contributed by atoms with Crippen molar-refractivity contribution in [2.45, 2.75) is 76.7 Å². The fourth-order valence-electron chi connectivity index (χ4n) is 5.80. The van der Waals surface area contributed by atoms with Crippen molar-refractivity contribution in [3.05, 3.63) is 35.9 Å². The standard InChI is InChI=1S/C29H40N6O5/c1-3-17-32-21-26(36)34-24(15-10-16-30-29(39)40-18-4-2)27(37)33(23-13-8-9-14-23)20-25(34)35(32)28(38)31-19-22-11-6-5-7-12-22/h1,5-7,11-12,23-25H,4,8-10,13-21H2,2H3,(H,30,39)(H,31,38)/t24-,25-/m0/s1. The molecular formula is C29H40N6O5. The van der Waals surface area contributed by atoms with Crippen molar-refractivity contribution in [3.63, 3.8) is 0 Å². The van der Waals surface area contributed by atoms with Crippen molar-refractivity contribution >= 4 is 23.9 Å². The van der Waals surface area contributed by atoms with Gasteiger partial charge in [-0.2, -0.15) is 5.01 Å². The molecule has 0 bridgehead atoms. The Balaban J connectivity index is 1.55. The van der Waals surface area contributed by atoms with Crippen LogP contribution < -0.4 is 10.6 Å². The molecule has 2 N–H and O–H groups in total. The number of hydrazine groups is 1. The minimum Gasteiger partial charge on any atom is -0.450 e. The summed E-state index contributed by atoms with van der Waals surface area (Å²) in [6.07, 6.45) is 9.89. The third kappa shape index (κ3) is 6.86. The smallest absolute Gasteiger partial charge is 0.407 e. The third-order valence-electron chi connectivity index (χ3n) is 7.67. The van der Waals surface area contributed by atoms with E-state index in [-0.39, 0.29) is 43.5 Å².